The van der Waals surface area contributed by atoms with Crippen molar-refractivity contribution < 1.29 is 14.3 Å². The van der Waals surface area contributed by atoms with Gasteiger partial charge in [-0.1, -0.05) is 23.7 Å². The van der Waals surface area contributed by atoms with Crippen molar-refractivity contribution >= 4 is 39.8 Å². The van der Waals surface area contributed by atoms with Crippen molar-refractivity contribution in [2.24, 2.45) is 5.92 Å². The molecule has 3 rings (SSSR count). The Balaban J connectivity index is 1.75. The van der Waals surface area contributed by atoms with Gasteiger partial charge in [-0.05, 0) is 50.6 Å². The molecule has 0 unspecified atom stereocenters. The van der Waals surface area contributed by atoms with E-state index in [-0.39, 0.29) is 18.4 Å². The van der Waals surface area contributed by atoms with E-state index in [0.29, 0.717) is 22.0 Å². The Labute approximate surface area is 185 Å². The lowest BCUT2D eigenvalue weighted by Gasteiger charge is -2.30. The molecule has 1 amide bonds. The van der Waals surface area contributed by atoms with Crippen LogP contribution in [0, 0.1) is 17.2 Å². The Morgan fingerprint density at radius 2 is 2.00 bits per heavy atom. The summed E-state index contributed by atoms with van der Waals surface area (Å²) in [7, 11) is 0. The Morgan fingerprint density at radius 3 is 2.63 bits per heavy atom. The van der Waals surface area contributed by atoms with E-state index in [1.165, 1.54) is 11.3 Å². The number of carbonyl (C=O) groups excluding carboxylic acids is 2. The first kappa shape index (κ1) is 22.3. The summed E-state index contributed by atoms with van der Waals surface area (Å²) in [5.41, 5.74) is 1.94. The smallest absolute Gasteiger partial charge is 0.341 e. The van der Waals surface area contributed by atoms with E-state index in [0.717, 1.165) is 43.6 Å². The fraction of sp³-hybridized carbons (Fsp3) is 0.409. The Bertz CT molecular complexity index is 928. The molecule has 0 spiro atoms. The Morgan fingerprint density at radius 1 is 1.30 bits per heavy atom. The molecule has 0 atom stereocenters. The second-order valence-corrected chi connectivity index (χ2v) is 8.41. The van der Waals surface area contributed by atoms with Gasteiger partial charge in [0.05, 0.1) is 12.7 Å². The number of nitrogens with zero attached hydrogens (tertiary/aromatic N) is 2. The molecule has 158 valence electrons. The molecule has 1 aliphatic heterocycles. The van der Waals surface area contributed by atoms with E-state index in [4.69, 9.17) is 21.6 Å². The number of hydrogen-bond donors (Lipinski definition) is 1. The molecule has 30 heavy (non-hydrogen) atoms. The van der Waals surface area contributed by atoms with Crippen LogP contribution in [0.3, 0.4) is 0 Å². The minimum Gasteiger partial charge on any atom is -0.462 e. The molecule has 2 heterocycles. The highest BCUT2D eigenvalue weighted by molar-refractivity contribution is 7.15. The molecule has 1 N–H and O–H groups in total. The molecule has 1 aliphatic rings. The molecule has 1 saturated heterocycles. The number of anilines is 1. The number of ether oxygens (including phenoxy) is 1. The first-order valence-electron chi connectivity index (χ1n) is 9.98. The summed E-state index contributed by atoms with van der Waals surface area (Å²) < 4.78 is 5.25. The molecule has 0 saturated carbocycles. The highest BCUT2D eigenvalue weighted by atomic mass is 35.5. The topological polar surface area (TPSA) is 82.4 Å². The number of hydrogen-bond acceptors (Lipinski definition) is 6. The van der Waals surface area contributed by atoms with Gasteiger partial charge in [0.2, 0.25) is 5.91 Å². The number of nitriles is 1. The zero-order valence-corrected chi connectivity index (χ0v) is 18.4. The molecule has 1 fully saturated rings. The van der Waals surface area contributed by atoms with Gasteiger partial charge >= 0.3 is 5.97 Å². The zero-order valence-electron chi connectivity index (χ0n) is 16.8. The number of carbonyl (C=O) groups is 2. The third-order valence-corrected chi connectivity index (χ3v) is 6.31. The summed E-state index contributed by atoms with van der Waals surface area (Å²) in [6.45, 7) is 4.34. The lowest BCUT2D eigenvalue weighted by molar-refractivity contribution is -0.121. The number of esters is 1. The predicted molar refractivity (Wildman–Crippen MR) is 119 cm³/mol. The van der Waals surface area contributed by atoms with Crippen molar-refractivity contribution in [2.45, 2.75) is 26.2 Å². The van der Waals surface area contributed by atoms with Gasteiger partial charge in [0.1, 0.15) is 10.6 Å². The number of rotatable bonds is 7. The van der Waals surface area contributed by atoms with Crippen molar-refractivity contribution in [3.63, 3.8) is 0 Å². The minimum atomic E-state index is -0.453. The van der Waals surface area contributed by atoms with Gasteiger partial charge in [0, 0.05) is 34.8 Å². The molecule has 0 radical (unpaired) electrons. The van der Waals surface area contributed by atoms with E-state index in [1.54, 1.807) is 19.1 Å². The summed E-state index contributed by atoms with van der Waals surface area (Å²) in [5, 5.41) is 14.7. The largest absolute Gasteiger partial charge is 0.462 e. The third kappa shape index (κ3) is 5.39. The van der Waals surface area contributed by atoms with Crippen LogP contribution < -0.4 is 5.32 Å². The maximum Gasteiger partial charge on any atom is 0.341 e. The van der Waals surface area contributed by atoms with Gasteiger partial charge < -0.3 is 15.0 Å². The second-order valence-electron chi connectivity index (χ2n) is 7.09. The third-order valence-electron chi connectivity index (χ3n) is 5.16. The van der Waals surface area contributed by atoms with Gasteiger partial charge in [-0.2, -0.15) is 5.26 Å². The normalized spacial score (nSPS) is 14.8. The van der Waals surface area contributed by atoms with Crippen LogP contribution in [-0.2, 0) is 9.53 Å². The molecule has 2 aromatic rings. The van der Waals surface area contributed by atoms with E-state index in [1.807, 2.05) is 17.5 Å². The average molecular weight is 446 g/mol. The lowest BCUT2D eigenvalue weighted by Crippen LogP contribution is -2.38. The summed E-state index contributed by atoms with van der Waals surface area (Å²) in [6, 6.07) is 9.37. The fourth-order valence-corrected chi connectivity index (χ4v) is 4.62. The maximum absolute atomic E-state index is 12.9. The van der Waals surface area contributed by atoms with E-state index < -0.39 is 5.97 Å². The first-order chi connectivity index (χ1) is 14.5. The molecule has 6 nitrogen and oxygen atoms in total. The average Bonchev–Trinajstić information content (AvgIpc) is 3.16. The monoisotopic (exact) mass is 445 g/mol. The standard InChI is InChI=1S/C22H24ClN3O3S/c1-2-29-22(28)19-18(15-4-6-17(23)7-5-15)14-30-21(19)25-20(27)16-8-12-26(13-9-16)11-3-10-24/h4-7,14,16H,2-3,8-9,11-13H2,1H3,(H,25,27). The van der Waals surface area contributed by atoms with Gasteiger partial charge in [0.15, 0.2) is 0 Å². The van der Waals surface area contributed by atoms with E-state index >= 15 is 0 Å². The SMILES string of the molecule is CCOC(=O)c1c(-c2ccc(Cl)cc2)csc1NC(=O)C1CCN(CCC#N)CC1. The van der Waals surface area contributed by atoms with E-state index in [2.05, 4.69) is 16.3 Å². The van der Waals surface area contributed by atoms with Gasteiger partial charge in [-0.3, -0.25) is 4.79 Å². The number of likely N-dealkylation sites (tertiary alicyclic amines) is 1. The van der Waals surface area contributed by atoms with Crippen LogP contribution in [-0.4, -0.2) is 43.0 Å². The summed E-state index contributed by atoms with van der Waals surface area (Å²) in [4.78, 5) is 27.7. The van der Waals surface area contributed by atoms with Crippen LogP contribution in [0.5, 0.6) is 0 Å². The highest BCUT2D eigenvalue weighted by Crippen LogP contribution is 2.37. The van der Waals surface area contributed by atoms with Crippen LogP contribution in [0.2, 0.25) is 5.02 Å². The molecular weight excluding hydrogens is 422 g/mol. The van der Waals surface area contributed by atoms with Gasteiger partial charge in [-0.25, -0.2) is 4.79 Å². The van der Waals surface area contributed by atoms with Crippen LogP contribution in [0.4, 0.5) is 5.00 Å². The molecular formula is C22H24ClN3O3S. The van der Waals surface area contributed by atoms with Gasteiger partial charge in [-0.15, -0.1) is 11.3 Å². The van der Waals surface area contributed by atoms with Crippen LogP contribution in [0.25, 0.3) is 11.1 Å². The number of piperidine rings is 1. The summed E-state index contributed by atoms with van der Waals surface area (Å²) in [5.74, 6) is -0.644. The molecule has 1 aromatic heterocycles. The Kier molecular flexibility index (Phi) is 7.86. The number of benzene rings is 1. The zero-order chi connectivity index (χ0) is 21.5. The van der Waals surface area contributed by atoms with Crippen LogP contribution in [0.1, 0.15) is 36.5 Å². The number of thiophene rings is 1. The van der Waals surface area contributed by atoms with Crippen molar-refractivity contribution in [1.29, 1.82) is 5.26 Å². The number of halogens is 1. The fourth-order valence-electron chi connectivity index (χ4n) is 3.54. The molecule has 1 aromatic carbocycles. The second kappa shape index (κ2) is 10.6. The number of nitrogens with one attached hydrogen (secondary N) is 1. The van der Waals surface area contributed by atoms with Crippen LogP contribution in [0.15, 0.2) is 29.6 Å². The van der Waals surface area contributed by atoms with Crippen molar-refractivity contribution in [3.05, 3.63) is 40.2 Å². The summed E-state index contributed by atoms with van der Waals surface area (Å²) >= 11 is 7.31. The minimum absolute atomic E-state index is 0.0787. The lowest BCUT2D eigenvalue weighted by atomic mass is 9.95. The molecule has 0 aliphatic carbocycles. The Hall–Kier alpha value is -2.40. The van der Waals surface area contributed by atoms with Crippen LogP contribution >= 0.6 is 22.9 Å². The quantitative estimate of drug-likeness (QED) is 0.618. The van der Waals surface area contributed by atoms with Crippen molar-refractivity contribution in [2.75, 3.05) is 31.6 Å². The van der Waals surface area contributed by atoms with E-state index in [9.17, 15) is 9.59 Å². The molecule has 0 bridgehead atoms. The van der Waals surface area contributed by atoms with Crippen molar-refractivity contribution in [1.82, 2.24) is 4.90 Å². The predicted octanol–water partition coefficient (Wildman–Crippen LogP) is 4.81. The van der Waals surface area contributed by atoms with Crippen molar-refractivity contribution in [3.8, 4) is 17.2 Å². The maximum atomic E-state index is 12.9. The summed E-state index contributed by atoms with van der Waals surface area (Å²) in [6.07, 6.45) is 1.98. The molecule has 8 heteroatoms. The number of amides is 1. The highest BCUT2D eigenvalue weighted by Gasteiger charge is 2.28. The van der Waals surface area contributed by atoms with Gasteiger partial charge in [0.25, 0.3) is 0 Å². The first-order valence-corrected chi connectivity index (χ1v) is 11.2.